The van der Waals surface area contributed by atoms with E-state index in [9.17, 15) is 0 Å². The number of pyridine rings is 2. The van der Waals surface area contributed by atoms with Crippen LogP contribution in [0.2, 0.25) is 0 Å². The van der Waals surface area contributed by atoms with Crippen molar-refractivity contribution in [2.24, 2.45) is 0 Å². The van der Waals surface area contributed by atoms with Gasteiger partial charge in [0.2, 0.25) is 0 Å². The molecule has 3 heterocycles. The lowest BCUT2D eigenvalue weighted by Gasteiger charge is -2.23. The summed E-state index contributed by atoms with van der Waals surface area (Å²) in [7, 11) is 1.68. The molecule has 1 aromatic carbocycles. The van der Waals surface area contributed by atoms with Crippen LogP contribution in [-0.4, -0.2) is 28.2 Å². The second-order valence-corrected chi connectivity index (χ2v) is 5.61. The van der Waals surface area contributed by atoms with Crippen molar-refractivity contribution < 1.29 is 4.74 Å². The second-order valence-electron chi connectivity index (χ2n) is 5.61. The van der Waals surface area contributed by atoms with Gasteiger partial charge in [0.1, 0.15) is 29.7 Å². The lowest BCUT2D eigenvalue weighted by atomic mass is 10.1. The number of fused-ring (bicyclic) bond motifs is 1. The Bertz CT molecular complexity index is 967. The maximum absolute atomic E-state index is 5.47. The Hall–Kier alpha value is -3.18. The average Bonchev–Trinajstić information content (AvgIpc) is 3.07. The number of nitrogens with zero attached hydrogens (tertiary/aromatic N) is 4. The van der Waals surface area contributed by atoms with Gasteiger partial charge in [-0.25, -0.2) is 9.97 Å². The monoisotopic (exact) mass is 330 g/mol. The molecule has 0 amide bonds. The summed E-state index contributed by atoms with van der Waals surface area (Å²) in [4.78, 5) is 11.4. The Morgan fingerprint density at radius 3 is 2.52 bits per heavy atom. The van der Waals surface area contributed by atoms with E-state index in [1.165, 1.54) is 0 Å². The van der Waals surface area contributed by atoms with Gasteiger partial charge in [0.25, 0.3) is 0 Å². The zero-order valence-electron chi connectivity index (χ0n) is 13.9. The van der Waals surface area contributed by atoms with E-state index in [0.717, 1.165) is 28.5 Å². The van der Waals surface area contributed by atoms with Gasteiger partial charge in [-0.05, 0) is 24.3 Å². The van der Waals surface area contributed by atoms with Gasteiger partial charge < -0.3 is 4.74 Å². The van der Waals surface area contributed by atoms with Crippen molar-refractivity contribution in [3.8, 4) is 11.3 Å². The number of anilines is 2. The van der Waals surface area contributed by atoms with Crippen LogP contribution in [0.1, 0.15) is 0 Å². The lowest BCUT2D eigenvalue weighted by Crippen LogP contribution is -2.22. The van der Waals surface area contributed by atoms with Crippen LogP contribution in [0.3, 0.4) is 0 Å². The number of benzene rings is 1. The molecule has 0 bridgehead atoms. The fraction of sp³-hybridized carbons (Fsp3) is 0.100. The van der Waals surface area contributed by atoms with E-state index in [2.05, 4.69) is 21.5 Å². The Morgan fingerprint density at radius 1 is 0.960 bits per heavy atom. The number of rotatable bonds is 5. The SMILES string of the molecule is COCN(c1ccccn1)c1c(-c2ccccc2)nc2ccccn12. The number of ether oxygens (including phenoxy) is 1. The number of imidazole rings is 1. The van der Waals surface area contributed by atoms with Crippen LogP contribution >= 0.6 is 0 Å². The molecule has 0 aliphatic carbocycles. The highest BCUT2D eigenvalue weighted by Gasteiger charge is 2.21. The molecule has 3 aromatic heterocycles. The van der Waals surface area contributed by atoms with Gasteiger partial charge in [-0.2, -0.15) is 0 Å². The Balaban J connectivity index is 1.98. The maximum atomic E-state index is 5.47. The first kappa shape index (κ1) is 15.4. The predicted octanol–water partition coefficient (Wildman–Crippen LogP) is 4.14. The van der Waals surface area contributed by atoms with Gasteiger partial charge >= 0.3 is 0 Å². The number of aromatic nitrogens is 3. The molecule has 5 heteroatoms. The highest BCUT2D eigenvalue weighted by Crippen LogP contribution is 2.34. The van der Waals surface area contributed by atoms with Crippen LogP contribution in [0.4, 0.5) is 11.6 Å². The highest BCUT2D eigenvalue weighted by atomic mass is 16.5. The van der Waals surface area contributed by atoms with Crippen LogP contribution in [0, 0.1) is 0 Å². The van der Waals surface area contributed by atoms with Crippen molar-refractivity contribution >= 4 is 17.3 Å². The van der Waals surface area contributed by atoms with Crippen molar-refractivity contribution in [3.63, 3.8) is 0 Å². The summed E-state index contributed by atoms with van der Waals surface area (Å²) in [5.41, 5.74) is 2.83. The zero-order valence-corrected chi connectivity index (χ0v) is 13.9. The normalized spacial score (nSPS) is 10.9. The molecule has 0 fully saturated rings. The van der Waals surface area contributed by atoms with E-state index in [0.29, 0.717) is 6.73 Å². The van der Waals surface area contributed by atoms with Gasteiger partial charge in [-0.3, -0.25) is 9.30 Å². The molecule has 0 atom stereocenters. The average molecular weight is 330 g/mol. The summed E-state index contributed by atoms with van der Waals surface area (Å²) in [5, 5.41) is 0. The molecule has 0 radical (unpaired) electrons. The van der Waals surface area contributed by atoms with E-state index >= 15 is 0 Å². The largest absolute Gasteiger partial charge is 0.364 e. The molecule has 0 aliphatic heterocycles. The molecule has 0 aliphatic rings. The number of hydrogen-bond acceptors (Lipinski definition) is 4. The van der Waals surface area contributed by atoms with Crippen molar-refractivity contribution in [2.75, 3.05) is 18.7 Å². The van der Waals surface area contributed by atoms with Gasteiger partial charge in [0.05, 0.1) is 0 Å². The van der Waals surface area contributed by atoms with Gasteiger partial charge in [-0.15, -0.1) is 0 Å². The van der Waals surface area contributed by atoms with Crippen molar-refractivity contribution in [1.29, 1.82) is 0 Å². The maximum Gasteiger partial charge on any atom is 0.149 e. The van der Waals surface area contributed by atoms with Crippen molar-refractivity contribution in [1.82, 2.24) is 14.4 Å². The summed E-state index contributed by atoms with van der Waals surface area (Å²) >= 11 is 0. The van der Waals surface area contributed by atoms with Crippen molar-refractivity contribution in [3.05, 3.63) is 79.1 Å². The summed E-state index contributed by atoms with van der Waals surface area (Å²) in [6.07, 6.45) is 3.79. The van der Waals surface area contributed by atoms with Crippen molar-refractivity contribution in [2.45, 2.75) is 0 Å². The molecule has 0 saturated heterocycles. The number of hydrogen-bond donors (Lipinski definition) is 0. The first-order chi connectivity index (χ1) is 12.4. The van der Waals surface area contributed by atoms with Crippen LogP contribution in [-0.2, 0) is 4.74 Å². The van der Waals surface area contributed by atoms with Crippen LogP contribution < -0.4 is 4.90 Å². The fourth-order valence-corrected chi connectivity index (χ4v) is 2.91. The minimum absolute atomic E-state index is 0.375. The third-order valence-corrected chi connectivity index (χ3v) is 3.99. The summed E-state index contributed by atoms with van der Waals surface area (Å²) in [6.45, 7) is 0.375. The highest BCUT2D eigenvalue weighted by molar-refractivity contribution is 5.80. The van der Waals surface area contributed by atoms with Gasteiger partial charge in [-0.1, -0.05) is 42.5 Å². The molecule has 0 saturated carbocycles. The molecule has 5 nitrogen and oxygen atoms in total. The van der Waals surface area contributed by atoms with Crippen LogP contribution in [0.25, 0.3) is 16.9 Å². The second kappa shape index (κ2) is 6.75. The molecule has 25 heavy (non-hydrogen) atoms. The van der Waals surface area contributed by atoms with E-state index in [1.54, 1.807) is 13.3 Å². The zero-order chi connectivity index (χ0) is 17.1. The quantitative estimate of drug-likeness (QED) is 0.516. The fourth-order valence-electron chi connectivity index (χ4n) is 2.91. The molecule has 4 rings (SSSR count). The van der Waals surface area contributed by atoms with E-state index < -0.39 is 0 Å². The first-order valence-electron chi connectivity index (χ1n) is 8.08. The van der Waals surface area contributed by atoms with Crippen LogP contribution in [0.15, 0.2) is 79.1 Å². The van der Waals surface area contributed by atoms with Crippen LogP contribution in [0.5, 0.6) is 0 Å². The molecule has 0 spiro atoms. The summed E-state index contributed by atoms with van der Waals surface area (Å²) < 4.78 is 7.53. The van der Waals surface area contributed by atoms with E-state index in [-0.39, 0.29) is 0 Å². The standard InChI is InChI=1S/C20H18N4O/c1-25-15-24(17-11-5-7-13-21-17)20-19(16-9-3-2-4-10-16)22-18-12-6-8-14-23(18)20/h2-14H,15H2,1H3. The van der Waals surface area contributed by atoms with E-state index in [4.69, 9.17) is 9.72 Å². The Morgan fingerprint density at radius 2 is 1.76 bits per heavy atom. The Labute approximate surface area is 146 Å². The lowest BCUT2D eigenvalue weighted by molar-refractivity contribution is 0.205. The molecule has 4 aromatic rings. The predicted molar refractivity (Wildman–Crippen MR) is 98.9 cm³/mol. The minimum atomic E-state index is 0.375. The third kappa shape index (κ3) is 2.86. The smallest absolute Gasteiger partial charge is 0.149 e. The van der Waals surface area contributed by atoms with E-state index in [1.807, 2.05) is 65.7 Å². The van der Waals surface area contributed by atoms with Gasteiger partial charge in [0, 0.05) is 25.1 Å². The molecule has 0 unspecified atom stereocenters. The summed E-state index contributed by atoms with van der Waals surface area (Å²) in [6, 6.07) is 22.0. The molecular formula is C20H18N4O. The Kier molecular flexibility index (Phi) is 4.14. The minimum Gasteiger partial charge on any atom is -0.364 e. The summed E-state index contributed by atoms with van der Waals surface area (Å²) in [5.74, 6) is 1.74. The molecule has 0 N–H and O–H groups in total. The third-order valence-electron chi connectivity index (χ3n) is 3.99. The topological polar surface area (TPSA) is 42.7 Å². The molecular weight excluding hydrogens is 312 g/mol. The molecule has 124 valence electrons. The van der Waals surface area contributed by atoms with Gasteiger partial charge in [0.15, 0.2) is 0 Å². The number of methoxy groups -OCH3 is 1. The first-order valence-corrected chi connectivity index (χ1v) is 8.08.